The van der Waals surface area contributed by atoms with Crippen LogP contribution in [0, 0.1) is 17.0 Å². The number of carbonyl (C=O) groups excluding carboxylic acids is 1. The first-order valence-corrected chi connectivity index (χ1v) is 8.99. The molecule has 3 rings (SSSR count). The molecule has 0 spiro atoms. The van der Waals surface area contributed by atoms with Crippen LogP contribution in [-0.4, -0.2) is 22.4 Å². The number of anilines is 1. The highest BCUT2D eigenvalue weighted by Gasteiger charge is 2.25. The van der Waals surface area contributed by atoms with E-state index in [1.807, 2.05) is 0 Å². The highest BCUT2D eigenvalue weighted by atomic mass is 32.1. The van der Waals surface area contributed by atoms with Gasteiger partial charge in [0, 0.05) is 28.6 Å². The number of thiazole rings is 1. The van der Waals surface area contributed by atoms with Crippen LogP contribution in [0.1, 0.15) is 39.3 Å². The standard InChI is InChI=1S/C18H19N3O3S/c1-3-10-20(18-19-14-6-4-5-7-16(14)25-18)17(22)13-9-8-12(2)15(11-13)21(23)24/h3,8-9,11H,1,4-7,10H2,2H3. The zero-order chi connectivity index (χ0) is 18.0. The minimum atomic E-state index is -0.466. The maximum Gasteiger partial charge on any atom is 0.273 e. The molecule has 130 valence electrons. The molecule has 1 aromatic heterocycles. The lowest BCUT2D eigenvalue weighted by molar-refractivity contribution is -0.385. The molecule has 25 heavy (non-hydrogen) atoms. The number of aromatic nitrogens is 1. The van der Waals surface area contributed by atoms with Crippen molar-refractivity contribution in [2.24, 2.45) is 0 Å². The number of rotatable bonds is 5. The third-order valence-electron chi connectivity index (χ3n) is 4.27. The number of aryl methyl sites for hydroxylation is 3. The smallest absolute Gasteiger partial charge is 0.273 e. The van der Waals surface area contributed by atoms with Gasteiger partial charge in [0.05, 0.1) is 10.6 Å². The van der Waals surface area contributed by atoms with Gasteiger partial charge in [-0.3, -0.25) is 19.8 Å². The molecule has 0 aliphatic heterocycles. The molecule has 6 nitrogen and oxygen atoms in total. The molecule has 1 aliphatic rings. The number of carbonyl (C=O) groups is 1. The van der Waals surface area contributed by atoms with Crippen molar-refractivity contribution in [3.8, 4) is 0 Å². The second-order valence-corrected chi connectivity index (χ2v) is 7.10. The van der Waals surface area contributed by atoms with Crippen LogP contribution < -0.4 is 4.90 Å². The minimum absolute atomic E-state index is 0.0529. The van der Waals surface area contributed by atoms with Gasteiger partial charge < -0.3 is 0 Å². The predicted molar refractivity (Wildman–Crippen MR) is 98.5 cm³/mol. The van der Waals surface area contributed by atoms with Crippen molar-refractivity contribution in [2.75, 3.05) is 11.4 Å². The molecule has 0 unspecified atom stereocenters. The van der Waals surface area contributed by atoms with Crippen LogP contribution in [0.25, 0.3) is 0 Å². The number of amides is 1. The molecule has 0 saturated heterocycles. The van der Waals surface area contributed by atoms with E-state index in [1.54, 1.807) is 30.0 Å². The quantitative estimate of drug-likeness (QED) is 0.459. The van der Waals surface area contributed by atoms with E-state index in [1.165, 1.54) is 22.3 Å². The van der Waals surface area contributed by atoms with Gasteiger partial charge in [-0.2, -0.15) is 0 Å². The average molecular weight is 357 g/mol. The Morgan fingerprint density at radius 2 is 2.20 bits per heavy atom. The average Bonchev–Trinajstić information content (AvgIpc) is 3.03. The number of nitrogens with zero attached hydrogens (tertiary/aromatic N) is 3. The van der Waals surface area contributed by atoms with Crippen molar-refractivity contribution in [3.63, 3.8) is 0 Å². The van der Waals surface area contributed by atoms with Crippen molar-refractivity contribution in [1.29, 1.82) is 0 Å². The van der Waals surface area contributed by atoms with Gasteiger partial charge in [0.25, 0.3) is 11.6 Å². The van der Waals surface area contributed by atoms with Gasteiger partial charge in [-0.15, -0.1) is 17.9 Å². The van der Waals surface area contributed by atoms with Gasteiger partial charge >= 0.3 is 0 Å². The van der Waals surface area contributed by atoms with Crippen LogP contribution in [-0.2, 0) is 12.8 Å². The fourth-order valence-corrected chi connectivity index (χ4v) is 4.08. The van der Waals surface area contributed by atoms with Crippen LogP contribution in [0.3, 0.4) is 0 Å². The lowest BCUT2D eigenvalue weighted by atomic mass is 10.0. The van der Waals surface area contributed by atoms with Gasteiger partial charge in [0.1, 0.15) is 0 Å². The van der Waals surface area contributed by atoms with Crippen molar-refractivity contribution in [3.05, 3.63) is 62.7 Å². The second-order valence-electron chi connectivity index (χ2n) is 6.04. The number of hydrogen-bond donors (Lipinski definition) is 0. The summed E-state index contributed by atoms with van der Waals surface area (Å²) < 4.78 is 0. The van der Waals surface area contributed by atoms with Crippen molar-refractivity contribution in [1.82, 2.24) is 4.98 Å². The van der Waals surface area contributed by atoms with E-state index in [0.717, 1.165) is 31.4 Å². The van der Waals surface area contributed by atoms with E-state index in [9.17, 15) is 14.9 Å². The van der Waals surface area contributed by atoms with Gasteiger partial charge in [0.2, 0.25) is 0 Å². The van der Waals surface area contributed by atoms with Crippen molar-refractivity contribution < 1.29 is 9.72 Å². The number of benzene rings is 1. The first-order valence-electron chi connectivity index (χ1n) is 8.17. The van der Waals surface area contributed by atoms with Gasteiger partial charge in [-0.1, -0.05) is 12.1 Å². The Morgan fingerprint density at radius 3 is 2.88 bits per heavy atom. The van der Waals surface area contributed by atoms with Crippen LogP contribution in [0.4, 0.5) is 10.8 Å². The first kappa shape index (κ1) is 17.3. The summed E-state index contributed by atoms with van der Waals surface area (Å²) in [4.78, 5) is 31.1. The number of nitro benzene ring substituents is 1. The number of fused-ring (bicyclic) bond motifs is 1. The maximum atomic E-state index is 13.0. The summed E-state index contributed by atoms with van der Waals surface area (Å²) in [6, 6.07) is 4.56. The van der Waals surface area contributed by atoms with Crippen LogP contribution in [0.2, 0.25) is 0 Å². The van der Waals surface area contributed by atoms with E-state index in [-0.39, 0.29) is 17.2 Å². The van der Waals surface area contributed by atoms with E-state index < -0.39 is 4.92 Å². The maximum absolute atomic E-state index is 13.0. The van der Waals surface area contributed by atoms with E-state index in [4.69, 9.17) is 0 Å². The van der Waals surface area contributed by atoms with E-state index in [0.29, 0.717) is 17.2 Å². The molecule has 2 aromatic rings. The molecule has 0 N–H and O–H groups in total. The summed E-state index contributed by atoms with van der Waals surface area (Å²) in [6.45, 7) is 5.69. The van der Waals surface area contributed by atoms with E-state index in [2.05, 4.69) is 11.6 Å². The summed E-state index contributed by atoms with van der Waals surface area (Å²) in [5.74, 6) is -0.297. The Labute approximate surface area is 150 Å². The normalized spacial score (nSPS) is 13.2. The Bertz CT molecular complexity index is 821. The lowest BCUT2D eigenvalue weighted by Gasteiger charge is -2.18. The molecule has 0 bridgehead atoms. The summed E-state index contributed by atoms with van der Waals surface area (Å²) in [7, 11) is 0. The monoisotopic (exact) mass is 357 g/mol. The molecule has 0 radical (unpaired) electrons. The largest absolute Gasteiger partial charge is 0.280 e. The third-order valence-corrected chi connectivity index (χ3v) is 5.46. The second kappa shape index (κ2) is 7.14. The Kier molecular flexibility index (Phi) is 4.94. The minimum Gasteiger partial charge on any atom is -0.280 e. The molecule has 0 fully saturated rings. The fraction of sp³-hybridized carbons (Fsp3) is 0.333. The number of nitro groups is 1. The van der Waals surface area contributed by atoms with Crippen molar-refractivity contribution in [2.45, 2.75) is 32.6 Å². The first-order chi connectivity index (χ1) is 12.0. The van der Waals surface area contributed by atoms with Crippen LogP contribution in [0.15, 0.2) is 30.9 Å². The summed E-state index contributed by atoms with van der Waals surface area (Å²) in [5, 5.41) is 11.8. The fourth-order valence-electron chi connectivity index (χ4n) is 2.93. The van der Waals surface area contributed by atoms with Gasteiger partial charge in [-0.05, 0) is 38.7 Å². The molecule has 1 aliphatic carbocycles. The van der Waals surface area contributed by atoms with Crippen LogP contribution in [0.5, 0.6) is 0 Å². The van der Waals surface area contributed by atoms with Gasteiger partial charge in [-0.25, -0.2) is 4.98 Å². The summed E-state index contributed by atoms with van der Waals surface area (Å²) in [5.41, 5.74) is 1.83. The van der Waals surface area contributed by atoms with Gasteiger partial charge in [0.15, 0.2) is 5.13 Å². The topological polar surface area (TPSA) is 76.3 Å². The Morgan fingerprint density at radius 1 is 1.44 bits per heavy atom. The highest BCUT2D eigenvalue weighted by molar-refractivity contribution is 7.16. The number of hydrogen-bond acceptors (Lipinski definition) is 5. The third kappa shape index (κ3) is 3.46. The highest BCUT2D eigenvalue weighted by Crippen LogP contribution is 2.32. The molecule has 1 aromatic carbocycles. The molecule has 0 atom stereocenters. The van der Waals surface area contributed by atoms with Crippen molar-refractivity contribution >= 4 is 28.1 Å². The molecule has 7 heteroatoms. The zero-order valence-corrected chi connectivity index (χ0v) is 14.8. The summed E-state index contributed by atoms with van der Waals surface area (Å²) >= 11 is 1.53. The molecule has 0 saturated carbocycles. The predicted octanol–water partition coefficient (Wildman–Crippen LogP) is 4.07. The lowest BCUT2D eigenvalue weighted by Crippen LogP contribution is -2.31. The Hall–Kier alpha value is -2.54. The van der Waals surface area contributed by atoms with Crippen LogP contribution >= 0.6 is 11.3 Å². The molecule has 1 amide bonds. The molecule has 1 heterocycles. The molecular weight excluding hydrogens is 338 g/mol. The SMILES string of the molecule is C=CCN(C(=O)c1ccc(C)c([N+](=O)[O-])c1)c1nc2c(s1)CCCC2. The van der Waals surface area contributed by atoms with E-state index >= 15 is 0 Å². The Balaban J connectivity index is 1.96. The molecular formula is C18H19N3O3S. The summed E-state index contributed by atoms with van der Waals surface area (Å²) in [6.07, 6.45) is 5.85. The zero-order valence-electron chi connectivity index (χ0n) is 14.0.